The Morgan fingerprint density at radius 1 is 1.11 bits per heavy atom. The molecule has 0 bridgehead atoms. The maximum atomic E-state index is 13.0. The average molecular weight is 376 g/mol. The first-order valence-electron chi connectivity index (χ1n) is 10.3. The number of rotatable bonds is 2. The summed E-state index contributed by atoms with van der Waals surface area (Å²) in [6.07, 6.45) is 6.04. The lowest BCUT2D eigenvalue weighted by molar-refractivity contribution is -0.136. The van der Waals surface area contributed by atoms with Gasteiger partial charge in [-0.15, -0.1) is 0 Å². The second-order valence-electron chi connectivity index (χ2n) is 8.43. The van der Waals surface area contributed by atoms with Crippen molar-refractivity contribution < 1.29 is 9.90 Å². The minimum Gasteiger partial charge on any atom is -0.507 e. The van der Waals surface area contributed by atoms with Crippen LogP contribution in [0.2, 0.25) is 0 Å². The molecule has 2 aliphatic rings. The van der Waals surface area contributed by atoms with Gasteiger partial charge in [0, 0.05) is 19.0 Å². The second-order valence-corrected chi connectivity index (χ2v) is 8.43. The van der Waals surface area contributed by atoms with Gasteiger partial charge in [-0.2, -0.15) is 0 Å². The molecule has 146 valence electrons. The molecule has 3 nitrogen and oxygen atoms in total. The lowest BCUT2D eigenvalue weighted by Crippen LogP contribution is -2.40. The number of hydrogen-bond acceptors (Lipinski definition) is 2. The molecular weight excluding hydrogens is 346 g/mol. The fraction of sp³-hybridized carbons (Fsp3) is 0.400. The molecule has 0 saturated heterocycles. The minimum atomic E-state index is 0.149. The second kappa shape index (κ2) is 7.46. The van der Waals surface area contributed by atoms with Crippen molar-refractivity contribution in [3.8, 4) is 16.9 Å². The first-order chi connectivity index (χ1) is 13.4. The third-order valence-corrected chi connectivity index (χ3v) is 6.37. The molecule has 1 atom stereocenters. The van der Waals surface area contributed by atoms with Crippen molar-refractivity contribution in [1.29, 1.82) is 0 Å². The van der Waals surface area contributed by atoms with Crippen LogP contribution in [0.4, 0.5) is 0 Å². The number of hydrogen-bond donors (Lipinski definition) is 1. The quantitative estimate of drug-likeness (QED) is 0.723. The maximum Gasteiger partial charge on any atom is 0.226 e. The van der Waals surface area contributed by atoms with Gasteiger partial charge in [-0.05, 0) is 92.0 Å². The molecule has 2 aromatic carbocycles. The van der Waals surface area contributed by atoms with Gasteiger partial charge in [-0.1, -0.05) is 29.8 Å². The van der Waals surface area contributed by atoms with Gasteiger partial charge in [0.15, 0.2) is 0 Å². The fourth-order valence-corrected chi connectivity index (χ4v) is 4.63. The standard InChI is InChI=1S/C25H29NO2/c1-16-7-9-19(10-8-16)25(28)26-12-11-23-20(15-26)5-4-6-22(23)21-13-17(2)24(27)18(3)14-21/h4-7,13-14,19,27H,8-12,15H2,1-3H3. The van der Waals surface area contributed by atoms with E-state index in [1.165, 1.54) is 22.3 Å². The number of allylic oxidation sites excluding steroid dienone is 2. The van der Waals surface area contributed by atoms with Crippen LogP contribution in [0.25, 0.3) is 11.1 Å². The third-order valence-electron chi connectivity index (χ3n) is 6.37. The van der Waals surface area contributed by atoms with Crippen LogP contribution >= 0.6 is 0 Å². The highest BCUT2D eigenvalue weighted by Gasteiger charge is 2.28. The molecule has 1 amide bonds. The summed E-state index contributed by atoms with van der Waals surface area (Å²) in [7, 11) is 0. The number of phenols is 1. The van der Waals surface area contributed by atoms with E-state index in [0.717, 1.165) is 48.9 Å². The van der Waals surface area contributed by atoms with Crippen LogP contribution in [0.3, 0.4) is 0 Å². The number of amides is 1. The van der Waals surface area contributed by atoms with Gasteiger partial charge < -0.3 is 10.0 Å². The number of benzene rings is 2. The zero-order valence-corrected chi connectivity index (χ0v) is 17.1. The summed E-state index contributed by atoms with van der Waals surface area (Å²) in [5, 5.41) is 10.1. The largest absolute Gasteiger partial charge is 0.507 e. The van der Waals surface area contributed by atoms with E-state index in [1.54, 1.807) is 0 Å². The predicted molar refractivity (Wildman–Crippen MR) is 113 cm³/mol. The van der Waals surface area contributed by atoms with Crippen LogP contribution in [0, 0.1) is 19.8 Å². The molecule has 1 unspecified atom stereocenters. The van der Waals surface area contributed by atoms with Gasteiger partial charge in [-0.3, -0.25) is 4.79 Å². The summed E-state index contributed by atoms with van der Waals surface area (Å²) >= 11 is 0. The van der Waals surface area contributed by atoms with Crippen LogP contribution in [0.5, 0.6) is 5.75 Å². The molecule has 28 heavy (non-hydrogen) atoms. The molecule has 1 heterocycles. The Morgan fingerprint density at radius 3 is 2.54 bits per heavy atom. The van der Waals surface area contributed by atoms with Crippen molar-refractivity contribution in [2.24, 2.45) is 5.92 Å². The lowest BCUT2D eigenvalue weighted by Gasteiger charge is -2.33. The normalized spacial score (nSPS) is 19.2. The molecule has 1 aliphatic carbocycles. The SMILES string of the molecule is CC1=CCC(C(=O)N2CCc3c(cccc3-c3cc(C)c(O)c(C)c3)C2)CC1. The third kappa shape index (κ3) is 3.46. The van der Waals surface area contributed by atoms with E-state index in [2.05, 4.69) is 48.2 Å². The van der Waals surface area contributed by atoms with Gasteiger partial charge in [0.2, 0.25) is 5.91 Å². The molecule has 0 fully saturated rings. The number of aryl methyl sites for hydroxylation is 2. The highest BCUT2D eigenvalue weighted by atomic mass is 16.3. The van der Waals surface area contributed by atoms with Crippen molar-refractivity contribution in [3.05, 3.63) is 64.2 Å². The van der Waals surface area contributed by atoms with E-state index in [4.69, 9.17) is 0 Å². The first-order valence-corrected chi connectivity index (χ1v) is 10.3. The summed E-state index contributed by atoms with van der Waals surface area (Å²) in [4.78, 5) is 15.1. The first kappa shape index (κ1) is 18.8. The van der Waals surface area contributed by atoms with Gasteiger partial charge in [-0.25, -0.2) is 0 Å². The Labute approximate surface area is 167 Å². The van der Waals surface area contributed by atoms with Crippen LogP contribution in [-0.4, -0.2) is 22.5 Å². The molecule has 0 spiro atoms. The average Bonchev–Trinajstić information content (AvgIpc) is 2.71. The molecule has 0 aromatic heterocycles. The minimum absolute atomic E-state index is 0.149. The fourth-order valence-electron chi connectivity index (χ4n) is 4.63. The topological polar surface area (TPSA) is 40.5 Å². The molecule has 4 rings (SSSR count). The van der Waals surface area contributed by atoms with Crippen LogP contribution < -0.4 is 0 Å². The summed E-state index contributed by atoms with van der Waals surface area (Å²) in [5.41, 5.74) is 8.20. The maximum absolute atomic E-state index is 13.0. The monoisotopic (exact) mass is 375 g/mol. The molecule has 2 aromatic rings. The van der Waals surface area contributed by atoms with E-state index >= 15 is 0 Å². The predicted octanol–water partition coefficient (Wildman–Crippen LogP) is 5.31. The summed E-state index contributed by atoms with van der Waals surface area (Å²) < 4.78 is 0. The highest BCUT2D eigenvalue weighted by Crippen LogP contribution is 2.35. The van der Waals surface area contributed by atoms with Crippen molar-refractivity contribution in [3.63, 3.8) is 0 Å². The molecular formula is C25H29NO2. The van der Waals surface area contributed by atoms with Crippen molar-refractivity contribution in [2.75, 3.05) is 6.54 Å². The summed E-state index contributed by atoms with van der Waals surface area (Å²) in [6, 6.07) is 10.5. The number of phenolic OH excluding ortho intramolecular Hbond substituents is 1. The summed E-state index contributed by atoms with van der Waals surface area (Å²) in [5.74, 6) is 0.842. The number of nitrogens with zero attached hydrogens (tertiary/aromatic N) is 1. The van der Waals surface area contributed by atoms with E-state index in [1.807, 2.05) is 13.8 Å². The number of aromatic hydroxyl groups is 1. The zero-order valence-electron chi connectivity index (χ0n) is 17.1. The van der Waals surface area contributed by atoms with Gasteiger partial charge in [0.1, 0.15) is 5.75 Å². The van der Waals surface area contributed by atoms with Crippen molar-refractivity contribution in [2.45, 2.75) is 53.0 Å². The van der Waals surface area contributed by atoms with Gasteiger partial charge >= 0.3 is 0 Å². The number of carbonyl (C=O) groups excluding carboxylic acids is 1. The van der Waals surface area contributed by atoms with Crippen LogP contribution in [0.1, 0.15) is 48.4 Å². The summed E-state index contributed by atoms with van der Waals surface area (Å²) in [6.45, 7) is 7.55. The smallest absolute Gasteiger partial charge is 0.226 e. The Bertz CT molecular complexity index is 934. The Kier molecular flexibility index (Phi) is 5.01. The van der Waals surface area contributed by atoms with E-state index < -0.39 is 0 Å². The molecule has 0 radical (unpaired) electrons. The van der Waals surface area contributed by atoms with Gasteiger partial charge in [0.25, 0.3) is 0 Å². The van der Waals surface area contributed by atoms with E-state index in [-0.39, 0.29) is 5.92 Å². The molecule has 0 saturated carbocycles. The Morgan fingerprint density at radius 2 is 1.86 bits per heavy atom. The zero-order chi connectivity index (χ0) is 19.8. The molecule has 1 aliphatic heterocycles. The Balaban J connectivity index is 1.59. The van der Waals surface area contributed by atoms with Crippen LogP contribution in [-0.2, 0) is 17.8 Å². The lowest BCUT2D eigenvalue weighted by atomic mass is 9.87. The van der Waals surface area contributed by atoms with E-state index in [0.29, 0.717) is 18.2 Å². The number of fused-ring (bicyclic) bond motifs is 1. The van der Waals surface area contributed by atoms with Crippen LogP contribution in [0.15, 0.2) is 42.0 Å². The number of carbonyl (C=O) groups is 1. The van der Waals surface area contributed by atoms with Gasteiger partial charge in [0.05, 0.1) is 0 Å². The van der Waals surface area contributed by atoms with Crippen molar-refractivity contribution >= 4 is 5.91 Å². The highest BCUT2D eigenvalue weighted by molar-refractivity contribution is 5.80. The molecule has 3 heteroatoms. The van der Waals surface area contributed by atoms with Crippen molar-refractivity contribution in [1.82, 2.24) is 4.90 Å². The molecule has 1 N–H and O–H groups in total. The Hall–Kier alpha value is -2.55. The van der Waals surface area contributed by atoms with E-state index in [9.17, 15) is 9.90 Å².